The van der Waals surface area contributed by atoms with Crippen LogP contribution in [-0.4, -0.2) is 11.2 Å². The first kappa shape index (κ1) is 8.19. The molecular formula is C7H11NO. The molecule has 0 bridgehead atoms. The van der Waals surface area contributed by atoms with Gasteiger partial charge in [0.25, 0.3) is 0 Å². The molecule has 0 saturated carbocycles. The Morgan fingerprint density at radius 1 is 1.78 bits per heavy atom. The Labute approximate surface area is 55.4 Å². The van der Waals surface area contributed by atoms with Crippen molar-refractivity contribution in [3.8, 4) is 6.07 Å². The lowest BCUT2D eigenvalue weighted by Gasteiger charge is -1.96. The van der Waals surface area contributed by atoms with E-state index >= 15 is 0 Å². The summed E-state index contributed by atoms with van der Waals surface area (Å²) >= 11 is 0. The molecular weight excluding hydrogens is 114 g/mol. The third-order valence-corrected chi connectivity index (χ3v) is 0.943. The van der Waals surface area contributed by atoms with E-state index in [2.05, 4.69) is 0 Å². The van der Waals surface area contributed by atoms with Crippen molar-refractivity contribution >= 4 is 0 Å². The number of allylic oxidation sites excluding steroid dienone is 2. The highest BCUT2D eigenvalue weighted by Gasteiger charge is 1.89. The third kappa shape index (κ3) is 7.19. The molecule has 0 aliphatic carbocycles. The van der Waals surface area contributed by atoms with Crippen molar-refractivity contribution in [1.82, 2.24) is 0 Å². The van der Waals surface area contributed by atoms with Crippen molar-refractivity contribution in [2.75, 3.05) is 0 Å². The van der Waals surface area contributed by atoms with E-state index in [0.29, 0.717) is 0 Å². The molecule has 0 aromatic rings. The summed E-state index contributed by atoms with van der Waals surface area (Å²) in [5, 5.41) is 16.8. The first-order valence-electron chi connectivity index (χ1n) is 3.00. The van der Waals surface area contributed by atoms with Gasteiger partial charge in [-0.15, -0.1) is 0 Å². The topological polar surface area (TPSA) is 44.0 Å². The van der Waals surface area contributed by atoms with Gasteiger partial charge in [-0.2, -0.15) is 5.26 Å². The standard InChI is InChI=1S/C7H11NO/c1-7(9)5-3-2-4-6-8/h2,4,7,9H,3,5H2,1H3/b4-2+/t7-/m1/s1. The van der Waals surface area contributed by atoms with Crippen LogP contribution in [0.1, 0.15) is 19.8 Å². The van der Waals surface area contributed by atoms with E-state index in [4.69, 9.17) is 10.4 Å². The molecule has 1 atom stereocenters. The highest BCUT2D eigenvalue weighted by molar-refractivity contribution is 5.01. The molecule has 0 rings (SSSR count). The van der Waals surface area contributed by atoms with Crippen molar-refractivity contribution in [2.45, 2.75) is 25.9 Å². The van der Waals surface area contributed by atoms with Gasteiger partial charge in [0.05, 0.1) is 12.2 Å². The van der Waals surface area contributed by atoms with Crippen molar-refractivity contribution in [3.05, 3.63) is 12.2 Å². The normalized spacial score (nSPS) is 13.4. The highest BCUT2D eigenvalue weighted by atomic mass is 16.3. The summed E-state index contributed by atoms with van der Waals surface area (Å²) in [6, 6.07) is 1.88. The van der Waals surface area contributed by atoms with Crippen LogP contribution in [-0.2, 0) is 0 Å². The molecule has 0 fully saturated rings. The Kier molecular flexibility index (Phi) is 4.85. The summed E-state index contributed by atoms with van der Waals surface area (Å²) in [7, 11) is 0. The van der Waals surface area contributed by atoms with E-state index in [0.717, 1.165) is 12.8 Å². The van der Waals surface area contributed by atoms with Crippen LogP contribution in [0.15, 0.2) is 12.2 Å². The van der Waals surface area contributed by atoms with Crippen LogP contribution in [0.3, 0.4) is 0 Å². The summed E-state index contributed by atoms with van der Waals surface area (Å²) in [4.78, 5) is 0. The fourth-order valence-electron chi connectivity index (χ4n) is 0.473. The lowest BCUT2D eigenvalue weighted by Crippen LogP contribution is -1.96. The van der Waals surface area contributed by atoms with Gasteiger partial charge in [0.2, 0.25) is 0 Å². The molecule has 0 aromatic carbocycles. The molecule has 0 radical (unpaired) electrons. The first-order chi connectivity index (χ1) is 4.27. The zero-order chi connectivity index (χ0) is 7.11. The molecule has 2 nitrogen and oxygen atoms in total. The molecule has 0 aliphatic heterocycles. The van der Waals surface area contributed by atoms with Crippen molar-refractivity contribution in [3.63, 3.8) is 0 Å². The number of hydrogen-bond acceptors (Lipinski definition) is 2. The van der Waals surface area contributed by atoms with Crippen LogP contribution in [0.2, 0.25) is 0 Å². The molecule has 0 aliphatic rings. The summed E-state index contributed by atoms with van der Waals surface area (Å²) in [6.07, 6.45) is 4.45. The van der Waals surface area contributed by atoms with E-state index in [1.165, 1.54) is 6.08 Å². The van der Waals surface area contributed by atoms with E-state index < -0.39 is 0 Å². The van der Waals surface area contributed by atoms with Gasteiger partial charge < -0.3 is 5.11 Å². The third-order valence-electron chi connectivity index (χ3n) is 0.943. The number of aliphatic hydroxyl groups is 1. The number of rotatable bonds is 3. The molecule has 2 heteroatoms. The molecule has 0 amide bonds. The first-order valence-corrected chi connectivity index (χ1v) is 3.00. The Bertz CT molecular complexity index is 121. The lowest BCUT2D eigenvalue weighted by atomic mass is 10.2. The van der Waals surface area contributed by atoms with Crippen molar-refractivity contribution < 1.29 is 5.11 Å². The number of hydrogen-bond donors (Lipinski definition) is 1. The van der Waals surface area contributed by atoms with Gasteiger partial charge in [-0.05, 0) is 19.8 Å². The maximum Gasteiger partial charge on any atom is 0.0908 e. The summed E-state index contributed by atoms with van der Waals surface area (Å²) < 4.78 is 0. The second-order valence-electron chi connectivity index (χ2n) is 1.96. The average Bonchev–Trinajstić information content (AvgIpc) is 1.80. The second-order valence-corrected chi connectivity index (χ2v) is 1.96. The van der Waals surface area contributed by atoms with Gasteiger partial charge >= 0.3 is 0 Å². The molecule has 0 saturated heterocycles. The van der Waals surface area contributed by atoms with Gasteiger partial charge in [-0.3, -0.25) is 0 Å². The lowest BCUT2D eigenvalue weighted by molar-refractivity contribution is 0.186. The fraction of sp³-hybridized carbons (Fsp3) is 0.571. The van der Waals surface area contributed by atoms with Gasteiger partial charge in [-0.25, -0.2) is 0 Å². The maximum absolute atomic E-state index is 8.73. The molecule has 50 valence electrons. The van der Waals surface area contributed by atoms with Crippen LogP contribution in [0.4, 0.5) is 0 Å². The number of aliphatic hydroxyl groups excluding tert-OH is 1. The zero-order valence-electron chi connectivity index (χ0n) is 5.54. The van der Waals surface area contributed by atoms with E-state index in [1.54, 1.807) is 13.0 Å². The minimum atomic E-state index is -0.256. The van der Waals surface area contributed by atoms with Crippen molar-refractivity contribution in [2.24, 2.45) is 0 Å². The predicted molar refractivity (Wildman–Crippen MR) is 35.7 cm³/mol. The van der Waals surface area contributed by atoms with E-state index in [9.17, 15) is 0 Å². The van der Waals surface area contributed by atoms with Crippen LogP contribution in [0, 0.1) is 11.3 Å². The Hall–Kier alpha value is -0.810. The van der Waals surface area contributed by atoms with E-state index in [-0.39, 0.29) is 6.10 Å². The van der Waals surface area contributed by atoms with Crippen LogP contribution < -0.4 is 0 Å². The Morgan fingerprint density at radius 3 is 2.89 bits per heavy atom. The summed E-state index contributed by atoms with van der Waals surface area (Å²) in [6.45, 7) is 1.74. The van der Waals surface area contributed by atoms with Crippen molar-refractivity contribution in [1.29, 1.82) is 5.26 Å². The van der Waals surface area contributed by atoms with Crippen LogP contribution >= 0.6 is 0 Å². The summed E-state index contributed by atoms with van der Waals surface area (Å²) in [5.41, 5.74) is 0. The average molecular weight is 125 g/mol. The highest BCUT2D eigenvalue weighted by Crippen LogP contribution is 1.95. The molecule has 0 spiro atoms. The predicted octanol–water partition coefficient (Wildman–Crippen LogP) is 1.23. The minimum Gasteiger partial charge on any atom is -0.393 e. The zero-order valence-corrected chi connectivity index (χ0v) is 5.54. The molecule has 9 heavy (non-hydrogen) atoms. The molecule has 0 heterocycles. The number of nitrogens with zero attached hydrogens (tertiary/aromatic N) is 1. The Balaban J connectivity index is 3.12. The number of nitriles is 1. The van der Waals surface area contributed by atoms with Gasteiger partial charge in [0.15, 0.2) is 0 Å². The molecule has 0 aromatic heterocycles. The SMILES string of the molecule is C[C@@H](O)CC/C=C/C#N. The maximum atomic E-state index is 8.73. The van der Waals surface area contributed by atoms with Gasteiger partial charge in [-0.1, -0.05) is 6.08 Å². The van der Waals surface area contributed by atoms with E-state index in [1.807, 2.05) is 6.07 Å². The minimum absolute atomic E-state index is 0.256. The second kappa shape index (κ2) is 5.33. The summed E-state index contributed by atoms with van der Waals surface area (Å²) in [5.74, 6) is 0. The monoisotopic (exact) mass is 125 g/mol. The van der Waals surface area contributed by atoms with Gasteiger partial charge in [0, 0.05) is 6.08 Å². The van der Waals surface area contributed by atoms with Crippen LogP contribution in [0.5, 0.6) is 0 Å². The quantitative estimate of drug-likeness (QED) is 0.576. The van der Waals surface area contributed by atoms with Gasteiger partial charge in [0.1, 0.15) is 0 Å². The molecule has 0 unspecified atom stereocenters. The smallest absolute Gasteiger partial charge is 0.0908 e. The molecule has 1 N–H and O–H groups in total. The largest absolute Gasteiger partial charge is 0.393 e. The fourth-order valence-corrected chi connectivity index (χ4v) is 0.473. The van der Waals surface area contributed by atoms with Crippen LogP contribution in [0.25, 0.3) is 0 Å². The Morgan fingerprint density at radius 2 is 2.44 bits per heavy atom.